The largest absolute Gasteiger partial charge is 0.482 e. The number of halogens is 1. The number of hydrogen-bond donors (Lipinski definition) is 1. The molecule has 0 aliphatic carbocycles. The molecule has 0 spiro atoms. The van der Waals surface area contributed by atoms with Crippen LogP contribution < -0.4 is 10.5 Å². The Hall–Kier alpha value is -4.70. The maximum Gasteiger partial charge on any atom is 0.170 e. The van der Waals surface area contributed by atoms with Gasteiger partial charge in [-0.05, 0) is 37.6 Å². The van der Waals surface area contributed by atoms with Crippen molar-refractivity contribution in [1.82, 2.24) is 24.5 Å². The highest BCUT2D eigenvalue weighted by molar-refractivity contribution is 5.75. The number of fused-ring (bicyclic) bond motifs is 7. The molecule has 3 aromatic heterocycles. The maximum atomic E-state index is 14.3. The summed E-state index contributed by atoms with van der Waals surface area (Å²) in [6.45, 7) is 2.35. The molecule has 2 bridgehead atoms. The van der Waals surface area contributed by atoms with Crippen molar-refractivity contribution >= 4 is 5.82 Å². The number of rotatable bonds is 0. The summed E-state index contributed by atoms with van der Waals surface area (Å²) in [7, 11) is 0. The van der Waals surface area contributed by atoms with E-state index in [-0.39, 0.29) is 17.4 Å². The number of nitriles is 2. The van der Waals surface area contributed by atoms with Gasteiger partial charge in [-0.25, -0.2) is 14.1 Å². The quantitative estimate of drug-likeness (QED) is 0.431. The summed E-state index contributed by atoms with van der Waals surface area (Å²) in [6.07, 6.45) is 3.15. The van der Waals surface area contributed by atoms with Crippen molar-refractivity contribution in [3.8, 4) is 34.7 Å². The normalized spacial score (nSPS) is 17.8. The zero-order chi connectivity index (χ0) is 23.6. The van der Waals surface area contributed by atoms with Crippen molar-refractivity contribution in [3.63, 3.8) is 0 Å². The van der Waals surface area contributed by atoms with Crippen molar-refractivity contribution in [2.45, 2.75) is 31.9 Å². The summed E-state index contributed by atoms with van der Waals surface area (Å²) in [6, 6.07) is 10.5. The molecule has 2 aliphatic rings. The molecule has 166 valence electrons. The number of aryl methyl sites for hydroxylation is 1. The third-order valence-electron chi connectivity index (χ3n) is 6.44. The summed E-state index contributed by atoms with van der Waals surface area (Å²) in [5.74, 6) is -0.194. The van der Waals surface area contributed by atoms with Crippen LogP contribution >= 0.6 is 0 Å². The SMILES string of the molecule is C[C@H]1Oc2cc(cnc2N)-c2c(C#N)nn3c2C(CC3)c2c(C#N)cnn2-c2ccc(F)cc21. The van der Waals surface area contributed by atoms with Gasteiger partial charge in [-0.2, -0.15) is 20.7 Å². The van der Waals surface area contributed by atoms with Gasteiger partial charge >= 0.3 is 0 Å². The molecule has 4 aromatic rings. The topological polar surface area (TPSA) is 131 Å². The zero-order valence-electron chi connectivity index (χ0n) is 18.0. The monoisotopic (exact) mass is 452 g/mol. The molecule has 5 heterocycles. The predicted octanol–water partition coefficient (Wildman–Crippen LogP) is 3.58. The van der Waals surface area contributed by atoms with Gasteiger partial charge in [-0.15, -0.1) is 0 Å². The summed E-state index contributed by atoms with van der Waals surface area (Å²) in [5, 5.41) is 28.8. The molecule has 6 rings (SSSR count). The fraction of sp³-hybridized carbons (Fsp3) is 0.208. The van der Waals surface area contributed by atoms with Crippen molar-refractivity contribution in [2.24, 2.45) is 0 Å². The number of anilines is 1. The second kappa shape index (κ2) is 7.15. The van der Waals surface area contributed by atoms with Crippen LogP contribution in [0.3, 0.4) is 0 Å². The Morgan fingerprint density at radius 3 is 2.82 bits per heavy atom. The van der Waals surface area contributed by atoms with Crippen LogP contribution in [0.25, 0.3) is 16.8 Å². The molecular formula is C24H17FN8O. The van der Waals surface area contributed by atoms with Crippen LogP contribution in [-0.4, -0.2) is 24.5 Å². The Balaban J connectivity index is 1.74. The summed E-state index contributed by atoms with van der Waals surface area (Å²) in [4.78, 5) is 4.30. The first-order valence-electron chi connectivity index (χ1n) is 10.7. The number of ether oxygens (including phenoxy) is 1. The molecule has 9 nitrogen and oxygen atoms in total. The standard InChI is InChI=1S/C24H17FN8O/c1-12-17-7-15(25)2-3-19(17)33-22(14(8-26)11-30-33)16-4-5-32-23(16)21(18(9-27)31-32)13-6-20(34-12)24(28)29-10-13/h2-3,6-7,10-12,16H,4-5H2,1H3,(H2,28,29)/t12-,16?/m1/s1. The fourth-order valence-corrected chi connectivity index (χ4v) is 4.97. The first-order valence-corrected chi connectivity index (χ1v) is 10.7. The van der Waals surface area contributed by atoms with E-state index in [1.54, 1.807) is 34.6 Å². The summed E-state index contributed by atoms with van der Waals surface area (Å²) < 4.78 is 24.0. The second-order valence-corrected chi connectivity index (χ2v) is 8.32. The smallest absolute Gasteiger partial charge is 0.170 e. The molecule has 0 radical (unpaired) electrons. The van der Waals surface area contributed by atoms with E-state index in [1.807, 2.05) is 0 Å². The van der Waals surface area contributed by atoms with Gasteiger partial charge in [-0.1, -0.05) is 0 Å². The van der Waals surface area contributed by atoms with E-state index in [4.69, 9.17) is 10.5 Å². The number of nitrogen functional groups attached to an aromatic ring is 1. The van der Waals surface area contributed by atoms with E-state index in [9.17, 15) is 14.9 Å². The summed E-state index contributed by atoms with van der Waals surface area (Å²) >= 11 is 0. The van der Waals surface area contributed by atoms with Gasteiger partial charge in [0, 0.05) is 35.3 Å². The van der Waals surface area contributed by atoms with Crippen LogP contribution in [0.5, 0.6) is 5.75 Å². The number of hydrogen-bond acceptors (Lipinski definition) is 7. The lowest BCUT2D eigenvalue weighted by atomic mass is 9.91. The Morgan fingerprint density at radius 1 is 1.18 bits per heavy atom. The Bertz CT molecular complexity index is 1570. The highest BCUT2D eigenvalue weighted by Gasteiger charge is 2.37. The first kappa shape index (κ1) is 19.9. The van der Waals surface area contributed by atoms with Crippen LogP contribution in [-0.2, 0) is 6.54 Å². The molecule has 2 N–H and O–H groups in total. The van der Waals surface area contributed by atoms with Gasteiger partial charge in [0.25, 0.3) is 0 Å². The number of pyridine rings is 1. The summed E-state index contributed by atoms with van der Waals surface area (Å²) in [5.41, 5.74) is 10.6. The number of nitrogens with two attached hydrogens (primary N) is 1. The van der Waals surface area contributed by atoms with E-state index < -0.39 is 11.9 Å². The highest BCUT2D eigenvalue weighted by Crippen LogP contribution is 2.45. The molecule has 1 unspecified atom stereocenters. The second-order valence-electron chi connectivity index (χ2n) is 8.32. The van der Waals surface area contributed by atoms with Crippen molar-refractivity contribution in [2.75, 3.05) is 5.73 Å². The number of aromatic nitrogens is 5. The van der Waals surface area contributed by atoms with Gasteiger partial charge in [0.15, 0.2) is 17.3 Å². The van der Waals surface area contributed by atoms with Crippen LogP contribution in [0.1, 0.15) is 53.6 Å². The molecule has 0 fully saturated rings. The molecule has 10 heteroatoms. The van der Waals surface area contributed by atoms with E-state index in [2.05, 4.69) is 27.3 Å². The Morgan fingerprint density at radius 2 is 2.03 bits per heavy atom. The minimum Gasteiger partial charge on any atom is -0.482 e. The molecule has 2 atom stereocenters. The van der Waals surface area contributed by atoms with E-state index in [1.165, 1.54) is 18.3 Å². The minimum absolute atomic E-state index is 0.177. The van der Waals surface area contributed by atoms with E-state index in [0.29, 0.717) is 52.4 Å². The lowest BCUT2D eigenvalue weighted by Gasteiger charge is -2.23. The third kappa shape index (κ3) is 2.72. The van der Waals surface area contributed by atoms with Gasteiger partial charge < -0.3 is 10.5 Å². The molecule has 2 aliphatic heterocycles. The predicted molar refractivity (Wildman–Crippen MR) is 118 cm³/mol. The maximum absolute atomic E-state index is 14.3. The molecule has 34 heavy (non-hydrogen) atoms. The van der Waals surface area contributed by atoms with Crippen LogP contribution in [0.2, 0.25) is 0 Å². The lowest BCUT2D eigenvalue weighted by molar-refractivity contribution is 0.226. The highest BCUT2D eigenvalue weighted by atomic mass is 19.1. The Labute approximate surface area is 193 Å². The molecular weight excluding hydrogens is 435 g/mol. The molecule has 0 amide bonds. The van der Waals surface area contributed by atoms with Crippen LogP contribution in [0.15, 0.2) is 36.7 Å². The lowest BCUT2D eigenvalue weighted by Crippen LogP contribution is -2.15. The minimum atomic E-state index is -0.617. The molecule has 0 saturated carbocycles. The Kier molecular flexibility index (Phi) is 4.20. The van der Waals surface area contributed by atoms with Crippen molar-refractivity contribution in [1.29, 1.82) is 10.5 Å². The van der Waals surface area contributed by atoms with E-state index >= 15 is 0 Å². The number of benzene rings is 1. The van der Waals surface area contributed by atoms with Crippen LogP contribution in [0.4, 0.5) is 10.2 Å². The van der Waals surface area contributed by atoms with Gasteiger partial charge in [-0.3, -0.25) is 4.68 Å². The van der Waals surface area contributed by atoms with Crippen molar-refractivity contribution in [3.05, 3.63) is 70.7 Å². The molecule has 1 aromatic carbocycles. The third-order valence-corrected chi connectivity index (χ3v) is 6.44. The van der Waals surface area contributed by atoms with E-state index in [0.717, 1.165) is 5.69 Å². The molecule has 0 saturated heterocycles. The van der Waals surface area contributed by atoms with Gasteiger partial charge in [0.1, 0.15) is 24.1 Å². The van der Waals surface area contributed by atoms with Gasteiger partial charge in [0.05, 0.1) is 28.8 Å². The van der Waals surface area contributed by atoms with Crippen LogP contribution in [0, 0.1) is 28.5 Å². The van der Waals surface area contributed by atoms with Crippen molar-refractivity contribution < 1.29 is 9.13 Å². The van der Waals surface area contributed by atoms with Gasteiger partial charge in [0.2, 0.25) is 0 Å². The first-order chi connectivity index (χ1) is 16.5. The number of nitrogens with zero attached hydrogens (tertiary/aromatic N) is 7. The average Bonchev–Trinajstić information content (AvgIpc) is 3.52. The average molecular weight is 452 g/mol. The fourth-order valence-electron chi connectivity index (χ4n) is 4.97. The zero-order valence-corrected chi connectivity index (χ0v) is 18.0.